The van der Waals surface area contributed by atoms with Gasteiger partial charge in [0, 0.05) is 18.7 Å². The quantitative estimate of drug-likeness (QED) is 0.574. The molecule has 0 bridgehead atoms. The van der Waals surface area contributed by atoms with E-state index >= 15 is 0 Å². The maximum atomic E-state index is 13.0. The van der Waals surface area contributed by atoms with Crippen molar-refractivity contribution < 1.29 is 9.72 Å². The summed E-state index contributed by atoms with van der Waals surface area (Å²) in [6.45, 7) is 4.76. The van der Waals surface area contributed by atoms with Crippen molar-refractivity contribution in [1.29, 1.82) is 0 Å². The molecule has 0 spiro atoms. The molecule has 2 aromatic carbocycles. The fraction of sp³-hybridized carbons (Fsp3) is 0.350. The van der Waals surface area contributed by atoms with Crippen molar-refractivity contribution in [2.75, 3.05) is 0 Å². The minimum atomic E-state index is -0.490. The third-order valence-electron chi connectivity index (χ3n) is 4.58. The summed E-state index contributed by atoms with van der Waals surface area (Å²) < 4.78 is 0. The third kappa shape index (κ3) is 3.87. The highest BCUT2D eigenvalue weighted by Gasteiger charge is 2.35. The molecule has 0 aromatic heterocycles. The second kappa shape index (κ2) is 7.05. The summed E-state index contributed by atoms with van der Waals surface area (Å²) in [5.41, 5.74) is 2.33. The van der Waals surface area contributed by atoms with Gasteiger partial charge in [-0.15, -0.1) is 0 Å². The fourth-order valence-corrected chi connectivity index (χ4v) is 2.93. The standard InChI is InChI=1S/C20H22N2O3/c1-14(2)16-9-7-15(8-10-16)13-21(17-11-12-17)20(23)18-5-3-4-6-19(18)22(24)25/h3-10,14,17H,11-13H2,1-2H3. The van der Waals surface area contributed by atoms with Crippen molar-refractivity contribution in [1.82, 2.24) is 4.90 Å². The van der Waals surface area contributed by atoms with E-state index in [4.69, 9.17) is 0 Å². The van der Waals surface area contributed by atoms with Gasteiger partial charge in [-0.1, -0.05) is 50.2 Å². The Morgan fingerprint density at radius 3 is 2.36 bits per heavy atom. The van der Waals surface area contributed by atoms with E-state index in [9.17, 15) is 14.9 Å². The van der Waals surface area contributed by atoms with Crippen LogP contribution in [-0.4, -0.2) is 21.8 Å². The minimum absolute atomic E-state index is 0.131. The van der Waals surface area contributed by atoms with Gasteiger partial charge >= 0.3 is 0 Å². The number of rotatable bonds is 6. The van der Waals surface area contributed by atoms with Crippen molar-refractivity contribution >= 4 is 11.6 Å². The van der Waals surface area contributed by atoms with Gasteiger partial charge in [0.25, 0.3) is 11.6 Å². The minimum Gasteiger partial charge on any atom is -0.331 e. The Bertz CT molecular complexity index is 780. The Balaban J connectivity index is 1.84. The van der Waals surface area contributed by atoms with Gasteiger partial charge in [0.15, 0.2) is 0 Å². The lowest BCUT2D eigenvalue weighted by Gasteiger charge is -2.23. The first-order valence-corrected chi connectivity index (χ1v) is 8.60. The molecule has 1 fully saturated rings. The first-order chi connectivity index (χ1) is 12.0. The van der Waals surface area contributed by atoms with Gasteiger partial charge in [0.05, 0.1) is 4.92 Å². The van der Waals surface area contributed by atoms with Crippen LogP contribution < -0.4 is 0 Å². The van der Waals surface area contributed by atoms with E-state index in [0.717, 1.165) is 18.4 Å². The van der Waals surface area contributed by atoms with Crippen molar-refractivity contribution in [2.24, 2.45) is 0 Å². The predicted molar refractivity (Wildman–Crippen MR) is 96.5 cm³/mol. The molecular weight excluding hydrogens is 316 g/mol. The van der Waals surface area contributed by atoms with E-state index in [2.05, 4.69) is 26.0 Å². The molecule has 130 valence electrons. The molecule has 0 atom stereocenters. The smallest absolute Gasteiger partial charge is 0.282 e. The lowest BCUT2D eigenvalue weighted by Crippen LogP contribution is -2.33. The monoisotopic (exact) mass is 338 g/mol. The van der Waals surface area contributed by atoms with E-state index in [1.165, 1.54) is 17.7 Å². The van der Waals surface area contributed by atoms with Crippen LogP contribution in [0.4, 0.5) is 5.69 Å². The molecule has 25 heavy (non-hydrogen) atoms. The average molecular weight is 338 g/mol. The van der Waals surface area contributed by atoms with Crippen LogP contribution in [0.2, 0.25) is 0 Å². The molecule has 1 aliphatic rings. The molecule has 5 nitrogen and oxygen atoms in total. The van der Waals surface area contributed by atoms with Crippen molar-refractivity contribution in [3.05, 3.63) is 75.3 Å². The number of hydrogen-bond donors (Lipinski definition) is 0. The van der Waals surface area contributed by atoms with Gasteiger partial charge in [-0.05, 0) is 36.0 Å². The van der Waals surface area contributed by atoms with E-state index in [-0.39, 0.29) is 23.2 Å². The normalized spacial score (nSPS) is 13.7. The number of carbonyl (C=O) groups excluding carboxylic acids is 1. The van der Waals surface area contributed by atoms with Gasteiger partial charge < -0.3 is 4.90 Å². The molecule has 5 heteroatoms. The number of benzene rings is 2. The average Bonchev–Trinajstić information content (AvgIpc) is 3.44. The lowest BCUT2D eigenvalue weighted by atomic mass is 10.0. The Kier molecular flexibility index (Phi) is 4.83. The Morgan fingerprint density at radius 2 is 1.80 bits per heavy atom. The number of amides is 1. The molecule has 0 radical (unpaired) electrons. The summed E-state index contributed by atoms with van der Waals surface area (Å²) in [6.07, 6.45) is 1.91. The molecule has 0 unspecified atom stereocenters. The van der Waals surface area contributed by atoms with Crippen molar-refractivity contribution in [3.63, 3.8) is 0 Å². The van der Waals surface area contributed by atoms with Crippen LogP contribution in [0.3, 0.4) is 0 Å². The van der Waals surface area contributed by atoms with Gasteiger partial charge in [0.2, 0.25) is 0 Å². The van der Waals surface area contributed by atoms with Crippen LogP contribution in [0.25, 0.3) is 0 Å². The zero-order valence-electron chi connectivity index (χ0n) is 14.5. The summed E-state index contributed by atoms with van der Waals surface area (Å²) in [4.78, 5) is 25.5. The topological polar surface area (TPSA) is 63.5 Å². The molecular formula is C20H22N2O3. The molecule has 1 saturated carbocycles. The van der Waals surface area contributed by atoms with Crippen LogP contribution in [-0.2, 0) is 6.54 Å². The van der Waals surface area contributed by atoms with Crippen LogP contribution in [0, 0.1) is 10.1 Å². The highest BCUT2D eigenvalue weighted by Crippen LogP contribution is 2.31. The molecule has 0 heterocycles. The highest BCUT2D eigenvalue weighted by molar-refractivity contribution is 5.98. The second-order valence-corrected chi connectivity index (χ2v) is 6.83. The summed E-state index contributed by atoms with van der Waals surface area (Å²) in [6, 6.07) is 14.6. The van der Waals surface area contributed by atoms with E-state index in [1.54, 1.807) is 17.0 Å². The number of carbonyl (C=O) groups is 1. The number of nitro groups is 1. The molecule has 2 aromatic rings. The van der Waals surface area contributed by atoms with Crippen LogP contribution in [0.5, 0.6) is 0 Å². The number of nitrogens with zero attached hydrogens (tertiary/aromatic N) is 2. The van der Waals surface area contributed by atoms with Gasteiger partial charge in [-0.3, -0.25) is 14.9 Å². The maximum absolute atomic E-state index is 13.0. The molecule has 3 rings (SSSR count). The summed E-state index contributed by atoms with van der Waals surface area (Å²) in [5, 5.41) is 11.2. The maximum Gasteiger partial charge on any atom is 0.282 e. The van der Waals surface area contributed by atoms with E-state index in [0.29, 0.717) is 12.5 Å². The predicted octanol–water partition coefficient (Wildman–Crippen LogP) is 4.52. The molecule has 1 aliphatic carbocycles. The summed E-state index contributed by atoms with van der Waals surface area (Å²) in [7, 11) is 0. The Hall–Kier alpha value is -2.69. The molecule has 0 aliphatic heterocycles. The van der Waals surface area contributed by atoms with Crippen molar-refractivity contribution in [3.8, 4) is 0 Å². The number of hydrogen-bond acceptors (Lipinski definition) is 3. The van der Waals surface area contributed by atoms with Crippen molar-refractivity contribution in [2.45, 2.75) is 45.2 Å². The first kappa shape index (κ1) is 17.1. The fourth-order valence-electron chi connectivity index (χ4n) is 2.93. The lowest BCUT2D eigenvalue weighted by molar-refractivity contribution is -0.385. The van der Waals surface area contributed by atoms with Gasteiger partial charge in [0.1, 0.15) is 5.56 Å². The summed E-state index contributed by atoms with van der Waals surface area (Å²) >= 11 is 0. The van der Waals surface area contributed by atoms with Crippen LogP contribution in [0.1, 0.15) is 54.1 Å². The van der Waals surface area contributed by atoms with E-state index < -0.39 is 4.92 Å². The Morgan fingerprint density at radius 1 is 1.16 bits per heavy atom. The zero-order chi connectivity index (χ0) is 18.0. The molecule has 1 amide bonds. The SMILES string of the molecule is CC(C)c1ccc(CN(C(=O)c2ccccc2[N+](=O)[O-])C2CC2)cc1. The molecule has 0 saturated heterocycles. The highest BCUT2D eigenvalue weighted by atomic mass is 16.6. The largest absolute Gasteiger partial charge is 0.331 e. The van der Waals surface area contributed by atoms with Gasteiger partial charge in [-0.2, -0.15) is 0 Å². The number of nitro benzene ring substituents is 1. The Labute approximate surface area is 147 Å². The number of para-hydroxylation sites is 1. The zero-order valence-corrected chi connectivity index (χ0v) is 14.5. The van der Waals surface area contributed by atoms with Crippen LogP contribution in [0.15, 0.2) is 48.5 Å². The second-order valence-electron chi connectivity index (χ2n) is 6.83. The first-order valence-electron chi connectivity index (χ1n) is 8.60. The molecule has 0 N–H and O–H groups in total. The van der Waals surface area contributed by atoms with E-state index in [1.807, 2.05) is 12.1 Å². The third-order valence-corrected chi connectivity index (χ3v) is 4.58. The summed E-state index contributed by atoms with van der Waals surface area (Å²) in [5.74, 6) is 0.199. The van der Waals surface area contributed by atoms with Crippen LogP contribution >= 0.6 is 0 Å². The van der Waals surface area contributed by atoms with Gasteiger partial charge in [-0.25, -0.2) is 0 Å².